The summed E-state index contributed by atoms with van der Waals surface area (Å²) in [5.41, 5.74) is 1.56. The van der Waals surface area contributed by atoms with Gasteiger partial charge in [-0.05, 0) is 37.1 Å². The van der Waals surface area contributed by atoms with Gasteiger partial charge in [-0.2, -0.15) is 0 Å². The summed E-state index contributed by atoms with van der Waals surface area (Å²) in [7, 11) is 0. The van der Waals surface area contributed by atoms with Crippen molar-refractivity contribution in [3.63, 3.8) is 0 Å². The lowest BCUT2D eigenvalue weighted by Crippen LogP contribution is -2.42. The smallest absolute Gasteiger partial charge is 0.228 e. The fourth-order valence-electron chi connectivity index (χ4n) is 3.33. The van der Waals surface area contributed by atoms with Crippen LogP contribution in [-0.2, 0) is 16.0 Å². The van der Waals surface area contributed by atoms with E-state index in [2.05, 4.69) is 10.3 Å². The number of rotatable bonds is 5. The highest BCUT2D eigenvalue weighted by molar-refractivity contribution is 7.13. The van der Waals surface area contributed by atoms with Crippen LogP contribution in [0.25, 0.3) is 10.8 Å². The molecule has 28 heavy (non-hydrogen) atoms. The van der Waals surface area contributed by atoms with Gasteiger partial charge in [0.2, 0.25) is 11.8 Å². The van der Waals surface area contributed by atoms with E-state index in [1.807, 2.05) is 52.7 Å². The van der Waals surface area contributed by atoms with Crippen molar-refractivity contribution in [3.05, 3.63) is 59.8 Å². The summed E-state index contributed by atoms with van der Waals surface area (Å²) < 4.78 is 5.35. The van der Waals surface area contributed by atoms with Crippen molar-refractivity contribution >= 4 is 28.8 Å². The summed E-state index contributed by atoms with van der Waals surface area (Å²) in [6.07, 6.45) is 3.25. The molecule has 144 valence electrons. The molecule has 1 aliphatic rings. The van der Waals surface area contributed by atoms with Crippen LogP contribution in [-0.4, -0.2) is 34.8 Å². The third kappa shape index (κ3) is 4.31. The Bertz CT molecular complexity index is 929. The lowest BCUT2D eigenvalue weighted by Gasteiger charge is -2.31. The van der Waals surface area contributed by atoms with Crippen molar-refractivity contribution in [1.29, 1.82) is 0 Å². The molecule has 1 aliphatic heterocycles. The zero-order chi connectivity index (χ0) is 19.3. The molecule has 1 aromatic carbocycles. The molecule has 1 N–H and O–H groups in total. The summed E-state index contributed by atoms with van der Waals surface area (Å²) in [4.78, 5) is 31.3. The molecular formula is C21H21N3O3S. The normalized spacial score (nSPS) is 14.8. The Labute approximate surface area is 167 Å². The van der Waals surface area contributed by atoms with Gasteiger partial charge in [-0.15, -0.1) is 11.3 Å². The van der Waals surface area contributed by atoms with Crippen LogP contribution in [0, 0.1) is 5.92 Å². The lowest BCUT2D eigenvalue weighted by molar-refractivity contribution is -0.133. The number of thiazole rings is 1. The van der Waals surface area contributed by atoms with Crippen LogP contribution < -0.4 is 5.32 Å². The molecule has 0 bridgehead atoms. The highest BCUT2D eigenvalue weighted by atomic mass is 32.1. The zero-order valence-electron chi connectivity index (χ0n) is 15.3. The molecule has 1 saturated heterocycles. The fraction of sp³-hybridized carbons (Fsp3) is 0.286. The van der Waals surface area contributed by atoms with E-state index in [0.717, 1.165) is 16.4 Å². The zero-order valence-corrected chi connectivity index (χ0v) is 16.2. The number of carbonyl (C=O) groups is 2. The van der Waals surface area contributed by atoms with E-state index in [-0.39, 0.29) is 24.2 Å². The largest absolute Gasteiger partial charge is 0.462 e. The lowest BCUT2D eigenvalue weighted by atomic mass is 9.95. The number of hydrogen-bond donors (Lipinski definition) is 1. The van der Waals surface area contributed by atoms with Crippen LogP contribution in [0.1, 0.15) is 18.5 Å². The Morgan fingerprint density at radius 3 is 2.64 bits per heavy atom. The van der Waals surface area contributed by atoms with Gasteiger partial charge in [0, 0.05) is 30.1 Å². The second-order valence-electron chi connectivity index (χ2n) is 6.81. The average molecular weight is 395 g/mol. The summed E-state index contributed by atoms with van der Waals surface area (Å²) in [5.74, 6) is 0.738. The molecule has 0 aliphatic carbocycles. The van der Waals surface area contributed by atoms with Crippen molar-refractivity contribution in [2.24, 2.45) is 5.92 Å². The molecule has 0 radical (unpaired) electrons. The van der Waals surface area contributed by atoms with E-state index >= 15 is 0 Å². The molecule has 3 aromatic rings. The minimum atomic E-state index is -0.0610. The van der Waals surface area contributed by atoms with Crippen LogP contribution in [0.3, 0.4) is 0 Å². The van der Waals surface area contributed by atoms with E-state index in [0.29, 0.717) is 31.7 Å². The average Bonchev–Trinajstić information content (AvgIpc) is 3.40. The van der Waals surface area contributed by atoms with Crippen molar-refractivity contribution < 1.29 is 14.0 Å². The van der Waals surface area contributed by atoms with Crippen molar-refractivity contribution in [3.8, 4) is 10.8 Å². The van der Waals surface area contributed by atoms with Gasteiger partial charge < -0.3 is 14.6 Å². The number of nitrogens with one attached hydrogen (secondary N) is 1. The number of para-hydroxylation sites is 1. The van der Waals surface area contributed by atoms with Crippen LogP contribution in [0.5, 0.6) is 0 Å². The first-order valence-electron chi connectivity index (χ1n) is 9.31. The number of piperidine rings is 1. The van der Waals surface area contributed by atoms with Crippen molar-refractivity contribution in [2.45, 2.75) is 19.3 Å². The van der Waals surface area contributed by atoms with Gasteiger partial charge in [0.1, 0.15) is 0 Å². The van der Waals surface area contributed by atoms with Crippen LogP contribution in [0.4, 0.5) is 5.69 Å². The topological polar surface area (TPSA) is 75.4 Å². The summed E-state index contributed by atoms with van der Waals surface area (Å²) in [6.45, 7) is 1.20. The fourth-order valence-corrected chi connectivity index (χ4v) is 4.11. The van der Waals surface area contributed by atoms with Gasteiger partial charge in [0.25, 0.3) is 0 Å². The molecule has 2 aromatic heterocycles. The third-order valence-electron chi connectivity index (χ3n) is 4.88. The predicted octanol–water partition coefficient (Wildman–Crippen LogP) is 3.82. The monoisotopic (exact) mass is 395 g/mol. The number of benzene rings is 1. The van der Waals surface area contributed by atoms with Gasteiger partial charge in [0.05, 0.1) is 18.4 Å². The van der Waals surface area contributed by atoms with E-state index in [1.54, 1.807) is 6.26 Å². The number of carbonyl (C=O) groups excluding carboxylic acids is 2. The Morgan fingerprint density at radius 1 is 1.14 bits per heavy atom. The molecule has 0 unspecified atom stereocenters. The predicted molar refractivity (Wildman–Crippen MR) is 108 cm³/mol. The standard InChI is InChI=1S/C21H21N3O3S/c25-19(13-17-14-28-21(23-17)18-7-4-12-27-18)24-10-8-15(9-11-24)20(26)22-16-5-2-1-3-6-16/h1-7,12,14-15H,8-11,13H2,(H,22,26). The number of anilines is 1. The van der Waals surface area contributed by atoms with Gasteiger partial charge in [-0.3, -0.25) is 9.59 Å². The minimum absolute atomic E-state index is 0.0286. The molecule has 6 nitrogen and oxygen atoms in total. The van der Waals surface area contributed by atoms with Gasteiger partial charge in [0.15, 0.2) is 10.8 Å². The number of hydrogen-bond acceptors (Lipinski definition) is 5. The number of likely N-dealkylation sites (tertiary alicyclic amines) is 1. The van der Waals surface area contributed by atoms with Crippen LogP contribution in [0.2, 0.25) is 0 Å². The number of furan rings is 1. The van der Waals surface area contributed by atoms with Crippen molar-refractivity contribution in [1.82, 2.24) is 9.88 Å². The maximum Gasteiger partial charge on any atom is 0.228 e. The van der Waals surface area contributed by atoms with E-state index in [4.69, 9.17) is 4.42 Å². The Hall–Kier alpha value is -2.93. The van der Waals surface area contributed by atoms with Gasteiger partial charge in [-0.1, -0.05) is 18.2 Å². The second-order valence-corrected chi connectivity index (χ2v) is 7.67. The van der Waals surface area contributed by atoms with Crippen molar-refractivity contribution in [2.75, 3.05) is 18.4 Å². The molecular weight excluding hydrogens is 374 g/mol. The van der Waals surface area contributed by atoms with Crippen LogP contribution in [0.15, 0.2) is 58.5 Å². The second kappa shape index (κ2) is 8.39. The first kappa shape index (κ1) is 18.4. The van der Waals surface area contributed by atoms with Crippen LogP contribution >= 0.6 is 11.3 Å². The highest BCUT2D eigenvalue weighted by Crippen LogP contribution is 2.25. The first-order chi connectivity index (χ1) is 13.7. The van der Waals surface area contributed by atoms with Gasteiger partial charge >= 0.3 is 0 Å². The molecule has 4 rings (SSSR count). The Balaban J connectivity index is 1.27. The molecule has 1 fully saturated rings. The van der Waals surface area contributed by atoms with E-state index < -0.39 is 0 Å². The Morgan fingerprint density at radius 2 is 1.93 bits per heavy atom. The summed E-state index contributed by atoms with van der Waals surface area (Å²) in [6, 6.07) is 13.1. The molecule has 0 atom stereocenters. The minimum Gasteiger partial charge on any atom is -0.462 e. The maximum absolute atomic E-state index is 12.6. The number of nitrogens with zero attached hydrogens (tertiary/aromatic N) is 2. The highest BCUT2D eigenvalue weighted by Gasteiger charge is 2.27. The first-order valence-corrected chi connectivity index (χ1v) is 10.2. The summed E-state index contributed by atoms with van der Waals surface area (Å²) >= 11 is 1.47. The molecule has 7 heteroatoms. The maximum atomic E-state index is 12.6. The Kier molecular flexibility index (Phi) is 5.53. The quantitative estimate of drug-likeness (QED) is 0.713. The van der Waals surface area contributed by atoms with Gasteiger partial charge in [-0.25, -0.2) is 4.98 Å². The van der Waals surface area contributed by atoms with E-state index in [9.17, 15) is 9.59 Å². The molecule has 2 amide bonds. The third-order valence-corrected chi connectivity index (χ3v) is 5.78. The summed E-state index contributed by atoms with van der Waals surface area (Å²) in [5, 5.41) is 5.63. The SMILES string of the molecule is O=C(Nc1ccccc1)C1CCN(C(=O)Cc2csc(-c3ccco3)n2)CC1. The number of amides is 2. The van der Waals surface area contributed by atoms with E-state index in [1.165, 1.54) is 11.3 Å². The number of aromatic nitrogens is 1. The molecule has 0 saturated carbocycles. The molecule has 3 heterocycles. The molecule has 0 spiro atoms.